The fourth-order valence-electron chi connectivity index (χ4n) is 4.10. The number of aryl methyl sites for hydroxylation is 1. The third kappa shape index (κ3) is 4.03. The Morgan fingerprint density at radius 3 is 2.77 bits per heavy atom. The van der Waals surface area contributed by atoms with E-state index >= 15 is 0 Å². The summed E-state index contributed by atoms with van der Waals surface area (Å²) in [5.74, 6) is 1.15. The van der Waals surface area contributed by atoms with Crippen LogP contribution in [0.5, 0.6) is 5.75 Å². The first-order valence-electron chi connectivity index (χ1n) is 10.7. The summed E-state index contributed by atoms with van der Waals surface area (Å²) in [7, 11) is 0. The van der Waals surface area contributed by atoms with Gasteiger partial charge in [0, 0.05) is 30.5 Å². The first kappa shape index (κ1) is 19.4. The molecule has 5 rings (SSSR count). The summed E-state index contributed by atoms with van der Waals surface area (Å²) in [5.41, 5.74) is 4.71. The Bertz CT molecular complexity index is 1110. The summed E-state index contributed by atoms with van der Waals surface area (Å²) < 4.78 is 5.76. The molecule has 0 radical (unpaired) electrons. The zero-order chi connectivity index (χ0) is 21.2. The molecule has 3 aromatic rings. The molecule has 1 saturated heterocycles. The SMILES string of the molecule is Cc1cncc(NC(=O)N2CCOc3ccc(-c4cccc(N5CCCC5)c4)nc32)c1. The van der Waals surface area contributed by atoms with Crippen LogP contribution >= 0.6 is 0 Å². The molecule has 2 aliphatic heterocycles. The number of amides is 2. The van der Waals surface area contributed by atoms with Gasteiger partial charge in [-0.05, 0) is 55.7 Å². The summed E-state index contributed by atoms with van der Waals surface area (Å²) in [6.07, 6.45) is 5.86. The van der Waals surface area contributed by atoms with Crippen molar-refractivity contribution in [2.75, 3.05) is 41.4 Å². The maximum absolute atomic E-state index is 13.0. The lowest BCUT2D eigenvalue weighted by atomic mass is 10.1. The van der Waals surface area contributed by atoms with Crippen molar-refractivity contribution in [3.63, 3.8) is 0 Å². The van der Waals surface area contributed by atoms with Crippen molar-refractivity contribution in [3.05, 3.63) is 60.4 Å². The van der Waals surface area contributed by atoms with Gasteiger partial charge in [-0.2, -0.15) is 0 Å². The largest absolute Gasteiger partial charge is 0.488 e. The average Bonchev–Trinajstić information content (AvgIpc) is 3.33. The van der Waals surface area contributed by atoms with Gasteiger partial charge in [-0.1, -0.05) is 12.1 Å². The number of ether oxygens (including phenoxy) is 1. The number of carbonyl (C=O) groups excluding carboxylic acids is 1. The van der Waals surface area contributed by atoms with E-state index in [1.807, 2.05) is 25.1 Å². The molecular weight excluding hydrogens is 390 g/mol. The Kier molecular flexibility index (Phi) is 5.16. The summed E-state index contributed by atoms with van der Waals surface area (Å²) >= 11 is 0. The molecule has 2 amide bonds. The molecule has 2 aliphatic rings. The van der Waals surface area contributed by atoms with Crippen molar-refractivity contribution < 1.29 is 9.53 Å². The van der Waals surface area contributed by atoms with E-state index in [0.29, 0.717) is 30.4 Å². The normalized spacial score (nSPS) is 15.4. The minimum atomic E-state index is -0.243. The van der Waals surface area contributed by atoms with Crippen molar-refractivity contribution in [1.82, 2.24) is 9.97 Å². The summed E-state index contributed by atoms with van der Waals surface area (Å²) in [6, 6.07) is 13.9. The predicted molar refractivity (Wildman–Crippen MR) is 122 cm³/mol. The third-order valence-electron chi connectivity index (χ3n) is 5.65. The van der Waals surface area contributed by atoms with Gasteiger partial charge in [0.25, 0.3) is 0 Å². The fraction of sp³-hybridized carbons (Fsp3) is 0.292. The Morgan fingerprint density at radius 2 is 1.94 bits per heavy atom. The van der Waals surface area contributed by atoms with Gasteiger partial charge in [-0.3, -0.25) is 9.88 Å². The van der Waals surface area contributed by atoms with Gasteiger partial charge in [0.15, 0.2) is 11.6 Å². The predicted octanol–water partition coefficient (Wildman–Crippen LogP) is 4.48. The van der Waals surface area contributed by atoms with Gasteiger partial charge in [-0.15, -0.1) is 0 Å². The molecule has 0 bridgehead atoms. The average molecular weight is 415 g/mol. The van der Waals surface area contributed by atoms with Crippen molar-refractivity contribution in [3.8, 4) is 17.0 Å². The number of anilines is 3. The number of aromatic nitrogens is 2. The van der Waals surface area contributed by atoms with E-state index in [2.05, 4.69) is 39.5 Å². The molecule has 0 saturated carbocycles. The van der Waals surface area contributed by atoms with E-state index in [9.17, 15) is 4.79 Å². The smallest absolute Gasteiger partial charge is 0.327 e. The van der Waals surface area contributed by atoms with Crippen LogP contribution in [0, 0.1) is 6.92 Å². The van der Waals surface area contributed by atoms with Crippen molar-refractivity contribution in [1.29, 1.82) is 0 Å². The molecule has 0 atom stereocenters. The Balaban J connectivity index is 1.43. The number of pyridine rings is 2. The topological polar surface area (TPSA) is 70.6 Å². The minimum Gasteiger partial charge on any atom is -0.488 e. The van der Waals surface area contributed by atoms with E-state index in [1.54, 1.807) is 17.3 Å². The van der Waals surface area contributed by atoms with Crippen molar-refractivity contribution >= 4 is 23.2 Å². The number of rotatable bonds is 3. The zero-order valence-electron chi connectivity index (χ0n) is 17.5. The maximum Gasteiger partial charge on any atom is 0.327 e. The molecule has 1 N–H and O–H groups in total. The first-order chi connectivity index (χ1) is 15.2. The summed E-state index contributed by atoms with van der Waals surface area (Å²) in [5, 5.41) is 2.92. The summed E-state index contributed by atoms with van der Waals surface area (Å²) in [6.45, 7) is 4.99. The highest BCUT2D eigenvalue weighted by Gasteiger charge is 2.26. The Morgan fingerprint density at radius 1 is 1.06 bits per heavy atom. The van der Waals surface area contributed by atoms with Gasteiger partial charge >= 0.3 is 6.03 Å². The maximum atomic E-state index is 13.0. The lowest BCUT2D eigenvalue weighted by Gasteiger charge is -2.29. The number of nitrogens with zero attached hydrogens (tertiary/aromatic N) is 4. The highest BCUT2D eigenvalue weighted by molar-refractivity contribution is 6.02. The molecule has 0 aliphatic carbocycles. The number of benzene rings is 1. The Hall–Kier alpha value is -3.61. The second-order valence-electron chi connectivity index (χ2n) is 7.94. The lowest BCUT2D eigenvalue weighted by Crippen LogP contribution is -2.41. The van der Waals surface area contributed by atoms with Gasteiger partial charge in [0.1, 0.15) is 6.61 Å². The van der Waals surface area contributed by atoms with Crippen LogP contribution in [0.15, 0.2) is 54.9 Å². The van der Waals surface area contributed by atoms with Crippen LogP contribution in [0.4, 0.5) is 22.0 Å². The summed E-state index contributed by atoms with van der Waals surface area (Å²) in [4.78, 5) is 26.0. The van der Waals surface area contributed by atoms with Crippen LogP contribution in [0.1, 0.15) is 18.4 Å². The highest BCUT2D eigenvalue weighted by atomic mass is 16.5. The molecule has 31 heavy (non-hydrogen) atoms. The van der Waals surface area contributed by atoms with Crippen molar-refractivity contribution in [2.24, 2.45) is 0 Å². The van der Waals surface area contributed by atoms with Crippen LogP contribution in [0.3, 0.4) is 0 Å². The van der Waals surface area contributed by atoms with Crippen LogP contribution in [-0.2, 0) is 0 Å². The molecule has 1 aromatic carbocycles. The third-order valence-corrected chi connectivity index (χ3v) is 5.65. The number of hydrogen-bond donors (Lipinski definition) is 1. The number of urea groups is 1. The van der Waals surface area contributed by atoms with Gasteiger partial charge in [0.2, 0.25) is 0 Å². The molecular formula is C24H25N5O2. The number of hydrogen-bond acceptors (Lipinski definition) is 5. The van der Waals surface area contributed by atoms with Crippen LogP contribution in [0.25, 0.3) is 11.3 Å². The molecule has 7 nitrogen and oxygen atoms in total. The highest BCUT2D eigenvalue weighted by Crippen LogP contribution is 2.34. The molecule has 158 valence electrons. The standard InChI is InChI=1S/C24H25N5O2/c1-17-13-19(16-25-15-17)26-24(30)29-11-12-31-22-8-7-21(27-23(22)29)18-5-4-6-20(14-18)28-9-2-3-10-28/h4-8,13-16H,2-3,9-12H2,1H3,(H,26,30). The molecule has 2 aromatic heterocycles. The molecule has 0 unspecified atom stereocenters. The monoisotopic (exact) mass is 415 g/mol. The van der Waals surface area contributed by atoms with E-state index in [4.69, 9.17) is 9.72 Å². The van der Waals surface area contributed by atoms with Gasteiger partial charge in [0.05, 0.1) is 24.1 Å². The molecule has 0 spiro atoms. The van der Waals surface area contributed by atoms with Crippen molar-refractivity contribution in [2.45, 2.75) is 19.8 Å². The second kappa shape index (κ2) is 8.26. The minimum absolute atomic E-state index is 0.243. The second-order valence-corrected chi connectivity index (χ2v) is 7.94. The van der Waals surface area contributed by atoms with E-state index in [1.165, 1.54) is 18.5 Å². The molecule has 1 fully saturated rings. The zero-order valence-corrected chi connectivity index (χ0v) is 17.5. The van der Waals surface area contributed by atoms with Gasteiger partial charge < -0.3 is 15.0 Å². The van der Waals surface area contributed by atoms with Crippen LogP contribution in [0.2, 0.25) is 0 Å². The van der Waals surface area contributed by atoms with E-state index in [-0.39, 0.29) is 6.03 Å². The fourth-order valence-corrected chi connectivity index (χ4v) is 4.10. The van der Waals surface area contributed by atoms with E-state index in [0.717, 1.165) is 29.9 Å². The first-order valence-corrected chi connectivity index (χ1v) is 10.7. The van der Waals surface area contributed by atoms with Crippen LogP contribution in [-0.4, -0.2) is 42.2 Å². The number of nitrogens with one attached hydrogen (secondary N) is 1. The van der Waals surface area contributed by atoms with Crippen LogP contribution < -0.4 is 19.9 Å². The molecule has 7 heteroatoms. The Labute approximate surface area is 181 Å². The number of carbonyl (C=O) groups is 1. The molecule has 4 heterocycles. The quantitative estimate of drug-likeness (QED) is 0.683. The van der Waals surface area contributed by atoms with E-state index < -0.39 is 0 Å². The van der Waals surface area contributed by atoms with Gasteiger partial charge in [-0.25, -0.2) is 9.78 Å². The number of fused-ring (bicyclic) bond motifs is 1. The lowest BCUT2D eigenvalue weighted by molar-refractivity contribution is 0.249.